The second kappa shape index (κ2) is 8.42. The average molecular weight is 379 g/mol. The first-order valence-electron chi connectivity index (χ1n) is 7.56. The van der Waals surface area contributed by atoms with Gasteiger partial charge in [0.1, 0.15) is 10.6 Å². The zero-order valence-corrected chi connectivity index (χ0v) is 15.2. The lowest BCUT2D eigenvalue weighted by Crippen LogP contribution is -2.37. The van der Waals surface area contributed by atoms with E-state index in [4.69, 9.17) is 14.4 Å². The number of hydrogen-bond donors (Lipinski definition) is 1. The second-order valence-electron chi connectivity index (χ2n) is 5.43. The third kappa shape index (κ3) is 6.16. The highest BCUT2D eigenvalue weighted by atomic mass is 32.2. The molecule has 1 aliphatic rings. The summed E-state index contributed by atoms with van der Waals surface area (Å²) in [7, 11) is -8.56. The molecular weight excluding hydrogens is 357 g/mol. The van der Waals surface area contributed by atoms with Crippen LogP contribution in [0.4, 0.5) is 0 Å². The Labute approximate surface area is 142 Å². The van der Waals surface area contributed by atoms with Crippen molar-refractivity contribution in [1.29, 1.82) is 0 Å². The maximum Gasteiger partial charge on any atom is 0.339 e. The van der Waals surface area contributed by atoms with Crippen LogP contribution < -0.4 is 4.74 Å². The summed E-state index contributed by atoms with van der Waals surface area (Å²) in [5.41, 5.74) is 0. The summed E-state index contributed by atoms with van der Waals surface area (Å²) in [6, 6.07) is 5.89. The van der Waals surface area contributed by atoms with Gasteiger partial charge in [-0.25, -0.2) is 0 Å². The number of rotatable bonds is 8. The van der Waals surface area contributed by atoms with E-state index >= 15 is 0 Å². The Morgan fingerprint density at radius 3 is 2.62 bits per heavy atom. The van der Waals surface area contributed by atoms with E-state index in [0.29, 0.717) is 6.61 Å². The first-order chi connectivity index (χ1) is 11.3. The predicted molar refractivity (Wildman–Crippen MR) is 87.8 cm³/mol. The molecule has 0 aliphatic carbocycles. The summed E-state index contributed by atoms with van der Waals surface area (Å²) in [5.74, 6) is 0.105. The monoisotopic (exact) mass is 379 g/mol. The zero-order valence-electron chi connectivity index (χ0n) is 13.5. The summed E-state index contributed by atoms with van der Waals surface area (Å²) < 4.78 is 50.6. The van der Waals surface area contributed by atoms with Gasteiger partial charge in [0.2, 0.25) is 0 Å². The number of hydrogen-bond acceptors (Lipinski definition) is 7. The molecule has 0 bridgehead atoms. The van der Waals surface area contributed by atoms with Crippen molar-refractivity contribution >= 4 is 17.7 Å². The first kappa shape index (κ1) is 19.4. The molecule has 8 nitrogen and oxygen atoms in total. The minimum atomic E-state index is -4.37. The summed E-state index contributed by atoms with van der Waals surface area (Å²) >= 11 is 0. The summed E-state index contributed by atoms with van der Waals surface area (Å²) in [6.07, 6.45) is 0.724. The summed E-state index contributed by atoms with van der Waals surface area (Å²) in [6.45, 7) is 5.16. The van der Waals surface area contributed by atoms with Gasteiger partial charge in [0, 0.05) is 26.3 Å². The van der Waals surface area contributed by atoms with Gasteiger partial charge in [-0.1, -0.05) is 12.1 Å². The molecule has 2 rings (SSSR count). The van der Waals surface area contributed by atoms with Gasteiger partial charge in [-0.15, -0.1) is 0 Å². The zero-order chi connectivity index (χ0) is 17.6. The van der Waals surface area contributed by atoms with Crippen LogP contribution >= 0.6 is 7.60 Å². The third-order valence-electron chi connectivity index (χ3n) is 3.33. The molecule has 1 saturated heterocycles. The summed E-state index contributed by atoms with van der Waals surface area (Å²) in [5, 5.41) is 0. The van der Waals surface area contributed by atoms with E-state index in [1.165, 1.54) is 18.2 Å². The molecule has 1 aromatic carbocycles. The normalized spacial score (nSPS) is 18.9. The topological polar surface area (TPSA) is 102 Å². The Kier molecular flexibility index (Phi) is 6.79. The van der Waals surface area contributed by atoms with Gasteiger partial charge in [-0.3, -0.25) is 9.46 Å². The highest BCUT2D eigenvalue weighted by molar-refractivity contribution is 7.91. The van der Waals surface area contributed by atoms with E-state index in [1.54, 1.807) is 6.07 Å². The van der Waals surface area contributed by atoms with Gasteiger partial charge < -0.3 is 14.4 Å². The molecule has 1 N–H and O–H groups in total. The lowest BCUT2D eigenvalue weighted by molar-refractivity contribution is 0.0357. The number of ether oxygens (including phenoxy) is 2. The molecule has 0 radical (unpaired) electrons. The Morgan fingerprint density at radius 2 is 1.96 bits per heavy atom. The standard InChI is InChI=1S/C14H22NO7PS/c1-23(16,17)22-24(18,19)14-6-3-2-5-13(14)21-10-4-7-15-8-11-20-12-9-15/h2-3,5-6H,4,7-12H2,1H3,(H,16,17). The molecule has 1 atom stereocenters. The highest BCUT2D eigenvalue weighted by Crippen LogP contribution is 2.42. The fraction of sp³-hybridized carbons (Fsp3) is 0.571. The Hall–Kier alpha value is -0.960. The van der Waals surface area contributed by atoms with Crippen molar-refractivity contribution in [2.75, 3.05) is 46.1 Å². The van der Waals surface area contributed by atoms with Crippen molar-refractivity contribution in [3.8, 4) is 5.75 Å². The van der Waals surface area contributed by atoms with Crippen LogP contribution in [0.3, 0.4) is 0 Å². The number of para-hydroxylation sites is 1. The highest BCUT2D eigenvalue weighted by Gasteiger charge is 2.27. The van der Waals surface area contributed by atoms with Gasteiger partial charge in [0.05, 0.1) is 19.8 Å². The van der Waals surface area contributed by atoms with Crippen LogP contribution in [0, 0.1) is 0 Å². The molecule has 10 heteroatoms. The van der Waals surface area contributed by atoms with Crippen molar-refractivity contribution in [1.82, 2.24) is 4.90 Å². The Morgan fingerprint density at radius 1 is 1.29 bits per heavy atom. The number of morpholine rings is 1. The fourth-order valence-electron chi connectivity index (χ4n) is 2.29. The minimum absolute atomic E-state index is 0.105. The summed E-state index contributed by atoms with van der Waals surface area (Å²) in [4.78, 5) is 11.2. The number of benzene rings is 1. The predicted octanol–water partition coefficient (Wildman–Crippen LogP) is 1.31. The molecular formula is C14H22NO7PS. The molecule has 1 heterocycles. The van der Waals surface area contributed by atoms with E-state index in [9.17, 15) is 13.0 Å². The lowest BCUT2D eigenvalue weighted by atomic mass is 10.3. The molecule has 1 aliphatic heterocycles. The van der Waals surface area contributed by atoms with E-state index < -0.39 is 17.7 Å². The fourth-order valence-corrected chi connectivity index (χ4v) is 4.69. The van der Waals surface area contributed by atoms with Crippen molar-refractivity contribution in [2.24, 2.45) is 0 Å². The maximum absolute atomic E-state index is 12.1. The van der Waals surface area contributed by atoms with Gasteiger partial charge in [0.15, 0.2) is 0 Å². The molecule has 0 amide bonds. The van der Waals surface area contributed by atoms with Gasteiger partial charge in [0.25, 0.3) is 0 Å². The first-order valence-corrected chi connectivity index (χ1v) is 11.0. The maximum atomic E-state index is 12.1. The van der Waals surface area contributed by atoms with E-state index in [0.717, 1.165) is 45.9 Å². The van der Waals surface area contributed by atoms with Crippen LogP contribution in [0.15, 0.2) is 29.2 Å². The van der Waals surface area contributed by atoms with Gasteiger partial charge in [-0.05, 0) is 18.6 Å². The third-order valence-corrected chi connectivity index (χ3v) is 6.10. The van der Waals surface area contributed by atoms with Crippen molar-refractivity contribution in [3.63, 3.8) is 0 Å². The molecule has 0 spiro atoms. The Bertz CT molecular complexity index is 682. The molecule has 24 heavy (non-hydrogen) atoms. The van der Waals surface area contributed by atoms with Gasteiger partial charge in [-0.2, -0.15) is 12.4 Å². The number of nitrogens with zero attached hydrogens (tertiary/aromatic N) is 1. The van der Waals surface area contributed by atoms with Crippen molar-refractivity contribution in [3.05, 3.63) is 24.3 Å². The van der Waals surface area contributed by atoms with E-state index in [1.807, 2.05) is 0 Å². The van der Waals surface area contributed by atoms with Crippen molar-refractivity contribution in [2.45, 2.75) is 11.3 Å². The Balaban J connectivity index is 1.94. The van der Waals surface area contributed by atoms with E-state index in [-0.39, 0.29) is 10.6 Å². The molecule has 136 valence electrons. The van der Waals surface area contributed by atoms with Crippen LogP contribution in [0.2, 0.25) is 0 Å². The molecule has 1 aromatic rings. The quantitative estimate of drug-likeness (QED) is 0.533. The lowest BCUT2D eigenvalue weighted by Gasteiger charge is -2.26. The van der Waals surface area contributed by atoms with Crippen LogP contribution in [0.5, 0.6) is 5.75 Å². The van der Waals surface area contributed by atoms with Crippen LogP contribution in [0.1, 0.15) is 6.42 Å². The molecule has 1 unspecified atom stereocenters. The largest absolute Gasteiger partial charge is 0.492 e. The minimum Gasteiger partial charge on any atom is -0.492 e. The smallest absolute Gasteiger partial charge is 0.339 e. The molecule has 0 saturated carbocycles. The van der Waals surface area contributed by atoms with Crippen molar-refractivity contribution < 1.29 is 31.3 Å². The second-order valence-corrected chi connectivity index (χ2v) is 8.98. The van der Waals surface area contributed by atoms with Crippen LogP contribution in [-0.2, 0) is 23.4 Å². The average Bonchev–Trinajstić information content (AvgIpc) is 2.51. The van der Waals surface area contributed by atoms with Crippen LogP contribution in [0.25, 0.3) is 0 Å². The van der Waals surface area contributed by atoms with E-state index in [2.05, 4.69) is 8.87 Å². The SMILES string of the molecule is CP(=O)(O)OS(=O)(=O)c1ccccc1OCCCN1CCOCC1. The van der Waals surface area contributed by atoms with Crippen LogP contribution in [-0.4, -0.2) is 64.3 Å². The molecule has 1 fully saturated rings. The van der Waals surface area contributed by atoms with Gasteiger partial charge >= 0.3 is 17.7 Å². The molecule has 0 aromatic heterocycles.